The summed E-state index contributed by atoms with van der Waals surface area (Å²) in [6, 6.07) is 16.0. The maximum absolute atomic E-state index is 13.2. The number of amides is 2. The summed E-state index contributed by atoms with van der Waals surface area (Å²) in [4.78, 5) is 29.3. The molecule has 1 unspecified atom stereocenters. The molecule has 6 rings (SSSR count). The standard InChI is InChI=1S/C28H29N3O4S/c1-34-14-3-12-31-24-8-7-23(21-4-2-5-22(26(21)24)28(31)33)29-27(32)19-10-13-30(17-19)36-20-6-9-25-18(16-20)11-15-35-25/h2,4-9,16,19H,3,10-15,17H2,1H3,(H,29,32). The van der Waals surface area contributed by atoms with Crippen molar-refractivity contribution in [3.63, 3.8) is 0 Å². The Balaban J connectivity index is 1.15. The molecule has 1 saturated heterocycles. The molecule has 3 aromatic rings. The van der Waals surface area contributed by atoms with Gasteiger partial charge in [0.15, 0.2) is 0 Å². The van der Waals surface area contributed by atoms with Crippen molar-refractivity contribution in [2.24, 2.45) is 5.92 Å². The number of rotatable bonds is 8. The third kappa shape index (κ3) is 4.23. The molecule has 3 aliphatic heterocycles. The van der Waals surface area contributed by atoms with Gasteiger partial charge in [0.1, 0.15) is 5.75 Å². The van der Waals surface area contributed by atoms with E-state index in [4.69, 9.17) is 9.47 Å². The highest BCUT2D eigenvalue weighted by Gasteiger charge is 2.32. The monoisotopic (exact) mass is 503 g/mol. The number of benzene rings is 3. The molecule has 3 heterocycles. The molecule has 0 saturated carbocycles. The van der Waals surface area contributed by atoms with E-state index in [1.54, 1.807) is 19.1 Å². The van der Waals surface area contributed by atoms with E-state index in [1.165, 1.54) is 10.5 Å². The van der Waals surface area contributed by atoms with Gasteiger partial charge >= 0.3 is 0 Å². The zero-order chi connectivity index (χ0) is 24.6. The fraction of sp³-hybridized carbons (Fsp3) is 0.357. The van der Waals surface area contributed by atoms with Crippen LogP contribution in [0.3, 0.4) is 0 Å². The molecule has 3 aliphatic rings. The first-order chi connectivity index (χ1) is 17.6. The van der Waals surface area contributed by atoms with Crippen molar-refractivity contribution in [2.45, 2.75) is 24.2 Å². The fourth-order valence-corrected chi connectivity index (χ4v) is 6.45. The molecule has 0 spiro atoms. The van der Waals surface area contributed by atoms with Crippen molar-refractivity contribution in [2.75, 3.05) is 50.2 Å². The van der Waals surface area contributed by atoms with Gasteiger partial charge in [-0.3, -0.25) is 9.59 Å². The van der Waals surface area contributed by atoms with Crippen LogP contribution >= 0.6 is 11.9 Å². The van der Waals surface area contributed by atoms with E-state index in [1.807, 2.05) is 41.3 Å². The van der Waals surface area contributed by atoms with Crippen LogP contribution in [-0.2, 0) is 16.0 Å². The van der Waals surface area contributed by atoms with Crippen molar-refractivity contribution < 1.29 is 19.1 Å². The van der Waals surface area contributed by atoms with Gasteiger partial charge in [0.05, 0.1) is 18.2 Å². The van der Waals surface area contributed by atoms with Gasteiger partial charge in [0.25, 0.3) is 5.91 Å². The molecule has 1 N–H and O–H groups in total. The number of hydrogen-bond acceptors (Lipinski definition) is 6. The molecule has 186 valence electrons. The molecular weight excluding hydrogens is 474 g/mol. The fourth-order valence-electron chi connectivity index (χ4n) is 5.37. The van der Waals surface area contributed by atoms with Crippen LogP contribution in [0.2, 0.25) is 0 Å². The van der Waals surface area contributed by atoms with Crippen LogP contribution in [-0.4, -0.2) is 56.1 Å². The lowest BCUT2D eigenvalue weighted by Gasteiger charge is -2.18. The molecular formula is C28H29N3O4S. The van der Waals surface area contributed by atoms with Crippen LogP contribution in [0.5, 0.6) is 5.75 Å². The Labute approximate surface area is 214 Å². The van der Waals surface area contributed by atoms with Gasteiger partial charge in [-0.05, 0) is 66.8 Å². The number of anilines is 2. The van der Waals surface area contributed by atoms with E-state index in [2.05, 4.69) is 21.8 Å². The predicted octanol–water partition coefficient (Wildman–Crippen LogP) is 4.74. The second-order valence-electron chi connectivity index (χ2n) is 9.49. The maximum Gasteiger partial charge on any atom is 0.258 e. The van der Waals surface area contributed by atoms with Crippen molar-refractivity contribution in [3.05, 3.63) is 59.7 Å². The van der Waals surface area contributed by atoms with Crippen LogP contribution in [0.4, 0.5) is 11.4 Å². The smallest absolute Gasteiger partial charge is 0.258 e. The topological polar surface area (TPSA) is 71.1 Å². The highest BCUT2D eigenvalue weighted by Crippen LogP contribution is 2.41. The number of nitrogens with one attached hydrogen (secondary N) is 1. The number of hydrogen-bond donors (Lipinski definition) is 1. The second-order valence-corrected chi connectivity index (χ2v) is 10.7. The lowest BCUT2D eigenvalue weighted by atomic mass is 10.0. The average Bonchev–Trinajstić information content (AvgIpc) is 3.61. The Hall–Kier alpha value is -3.07. The number of ether oxygens (including phenoxy) is 2. The first-order valence-corrected chi connectivity index (χ1v) is 13.3. The van der Waals surface area contributed by atoms with Crippen LogP contribution in [0.25, 0.3) is 10.8 Å². The third-order valence-corrected chi connectivity index (χ3v) is 8.24. The highest BCUT2D eigenvalue weighted by atomic mass is 32.2. The van der Waals surface area contributed by atoms with E-state index < -0.39 is 0 Å². The molecule has 2 amide bonds. The Morgan fingerprint density at radius 2 is 2.14 bits per heavy atom. The van der Waals surface area contributed by atoms with Crippen LogP contribution in [0.15, 0.2) is 53.4 Å². The van der Waals surface area contributed by atoms with Gasteiger partial charge in [0, 0.05) is 66.7 Å². The van der Waals surface area contributed by atoms with E-state index in [0.29, 0.717) is 25.3 Å². The van der Waals surface area contributed by atoms with E-state index in [-0.39, 0.29) is 17.7 Å². The quantitative estimate of drug-likeness (QED) is 0.354. The molecule has 0 aromatic heterocycles. The van der Waals surface area contributed by atoms with Gasteiger partial charge in [-0.2, -0.15) is 0 Å². The average molecular weight is 504 g/mol. The van der Waals surface area contributed by atoms with E-state index >= 15 is 0 Å². The number of methoxy groups -OCH3 is 1. The second kappa shape index (κ2) is 9.76. The van der Waals surface area contributed by atoms with Crippen molar-refractivity contribution >= 4 is 45.9 Å². The maximum atomic E-state index is 13.2. The molecule has 8 heteroatoms. The molecule has 1 fully saturated rings. The number of fused-ring (bicyclic) bond motifs is 1. The summed E-state index contributed by atoms with van der Waals surface area (Å²) in [7, 11) is 1.67. The van der Waals surface area contributed by atoms with Gasteiger partial charge in [-0.1, -0.05) is 12.1 Å². The highest BCUT2D eigenvalue weighted by molar-refractivity contribution is 7.97. The van der Waals surface area contributed by atoms with Crippen molar-refractivity contribution in [1.29, 1.82) is 0 Å². The number of nitrogens with zero attached hydrogens (tertiary/aromatic N) is 2. The number of carbonyl (C=O) groups is 2. The van der Waals surface area contributed by atoms with E-state index in [0.717, 1.165) is 60.3 Å². The summed E-state index contributed by atoms with van der Waals surface area (Å²) < 4.78 is 13.0. The SMILES string of the molecule is COCCCN1C(=O)c2cccc3c(NC(=O)C4CCN(Sc5ccc6c(c5)CCO6)C4)ccc1c23. The Bertz CT molecular complexity index is 1340. The van der Waals surface area contributed by atoms with Crippen molar-refractivity contribution in [3.8, 4) is 5.75 Å². The molecule has 1 atom stereocenters. The Morgan fingerprint density at radius 1 is 1.22 bits per heavy atom. The summed E-state index contributed by atoms with van der Waals surface area (Å²) in [5.74, 6) is 0.952. The molecule has 0 radical (unpaired) electrons. The summed E-state index contributed by atoms with van der Waals surface area (Å²) in [5.41, 5.74) is 3.62. The van der Waals surface area contributed by atoms with Gasteiger partial charge < -0.3 is 19.7 Å². The zero-order valence-electron chi connectivity index (χ0n) is 20.3. The van der Waals surface area contributed by atoms with Crippen molar-refractivity contribution in [1.82, 2.24) is 4.31 Å². The predicted molar refractivity (Wildman–Crippen MR) is 142 cm³/mol. The normalized spacial score (nSPS) is 18.6. The zero-order valence-corrected chi connectivity index (χ0v) is 21.1. The third-order valence-electron chi connectivity index (χ3n) is 7.19. The largest absolute Gasteiger partial charge is 0.493 e. The summed E-state index contributed by atoms with van der Waals surface area (Å²) in [6.45, 7) is 3.54. The minimum Gasteiger partial charge on any atom is -0.493 e. The summed E-state index contributed by atoms with van der Waals surface area (Å²) >= 11 is 1.71. The first kappa shape index (κ1) is 23.3. The molecule has 7 nitrogen and oxygen atoms in total. The lowest BCUT2D eigenvalue weighted by Crippen LogP contribution is -2.28. The van der Waals surface area contributed by atoms with Crippen LogP contribution < -0.4 is 15.0 Å². The summed E-state index contributed by atoms with van der Waals surface area (Å²) in [6.07, 6.45) is 2.55. The van der Waals surface area contributed by atoms with Crippen LogP contribution in [0.1, 0.15) is 28.8 Å². The van der Waals surface area contributed by atoms with Gasteiger partial charge in [0.2, 0.25) is 5.91 Å². The minimum atomic E-state index is -0.0783. The molecule has 0 aliphatic carbocycles. The van der Waals surface area contributed by atoms with E-state index in [9.17, 15) is 9.59 Å². The lowest BCUT2D eigenvalue weighted by molar-refractivity contribution is -0.119. The molecule has 36 heavy (non-hydrogen) atoms. The van der Waals surface area contributed by atoms with Gasteiger partial charge in [-0.25, -0.2) is 4.31 Å². The Morgan fingerprint density at radius 3 is 3.03 bits per heavy atom. The molecule has 0 bridgehead atoms. The van der Waals surface area contributed by atoms with Crippen LogP contribution in [0, 0.1) is 5.92 Å². The summed E-state index contributed by atoms with van der Waals surface area (Å²) in [5, 5.41) is 4.99. The Kier molecular flexibility index (Phi) is 6.33. The molecule has 3 aromatic carbocycles. The minimum absolute atomic E-state index is 0.0109. The first-order valence-electron chi connectivity index (χ1n) is 12.5. The van der Waals surface area contributed by atoms with Gasteiger partial charge in [-0.15, -0.1) is 0 Å². The number of carbonyl (C=O) groups excluding carboxylic acids is 2.